The van der Waals surface area contributed by atoms with E-state index in [0.717, 1.165) is 12.1 Å². The molecule has 0 fully saturated rings. The fraction of sp³-hybridized carbons (Fsp3) is 0.500. The second-order valence-corrected chi connectivity index (χ2v) is 3.90. The van der Waals surface area contributed by atoms with E-state index in [9.17, 15) is 4.79 Å². The summed E-state index contributed by atoms with van der Waals surface area (Å²) in [7, 11) is 0. The van der Waals surface area contributed by atoms with E-state index in [2.05, 4.69) is 15.6 Å². The zero-order chi connectivity index (χ0) is 12.0. The van der Waals surface area contributed by atoms with Gasteiger partial charge in [0.15, 0.2) is 0 Å². The lowest BCUT2D eigenvalue weighted by Gasteiger charge is -2.16. The molecule has 0 aliphatic rings. The van der Waals surface area contributed by atoms with Crippen LogP contribution in [-0.2, 0) is 0 Å². The molecule has 0 spiro atoms. The van der Waals surface area contributed by atoms with Gasteiger partial charge in [-0.2, -0.15) is 0 Å². The highest BCUT2D eigenvalue weighted by molar-refractivity contribution is 5.74. The van der Waals surface area contributed by atoms with Crippen LogP contribution in [0.15, 0.2) is 24.4 Å². The zero-order valence-electron chi connectivity index (χ0n) is 10.0. The van der Waals surface area contributed by atoms with Crippen LogP contribution in [0.1, 0.15) is 38.9 Å². The van der Waals surface area contributed by atoms with Crippen molar-refractivity contribution in [2.75, 3.05) is 0 Å². The molecule has 0 aromatic carbocycles. The van der Waals surface area contributed by atoms with E-state index in [1.54, 1.807) is 6.20 Å². The highest BCUT2D eigenvalue weighted by atomic mass is 16.2. The SMILES string of the molecule is CC[C@H](C)NC(=O)N[C@H](C)c1ccccn1. The molecule has 0 aliphatic carbocycles. The maximum Gasteiger partial charge on any atom is 0.315 e. The largest absolute Gasteiger partial charge is 0.336 e. The van der Waals surface area contributed by atoms with Crippen molar-refractivity contribution in [3.63, 3.8) is 0 Å². The Labute approximate surface area is 96.5 Å². The molecule has 4 heteroatoms. The van der Waals surface area contributed by atoms with Gasteiger partial charge in [0.05, 0.1) is 11.7 Å². The molecule has 2 atom stereocenters. The average molecular weight is 221 g/mol. The molecule has 16 heavy (non-hydrogen) atoms. The van der Waals surface area contributed by atoms with Crippen LogP contribution in [0.25, 0.3) is 0 Å². The van der Waals surface area contributed by atoms with Gasteiger partial charge in [0.25, 0.3) is 0 Å². The van der Waals surface area contributed by atoms with Gasteiger partial charge >= 0.3 is 6.03 Å². The zero-order valence-corrected chi connectivity index (χ0v) is 10.0. The molecule has 4 nitrogen and oxygen atoms in total. The van der Waals surface area contributed by atoms with Crippen molar-refractivity contribution in [1.82, 2.24) is 15.6 Å². The van der Waals surface area contributed by atoms with E-state index in [0.29, 0.717) is 0 Å². The molecule has 1 aromatic heterocycles. The van der Waals surface area contributed by atoms with Gasteiger partial charge in [-0.3, -0.25) is 4.98 Å². The van der Waals surface area contributed by atoms with Crippen LogP contribution in [-0.4, -0.2) is 17.1 Å². The molecule has 0 saturated carbocycles. The second-order valence-electron chi connectivity index (χ2n) is 3.90. The molecule has 1 aromatic rings. The number of carbonyl (C=O) groups excluding carboxylic acids is 1. The maximum absolute atomic E-state index is 11.5. The van der Waals surface area contributed by atoms with Gasteiger partial charge in [-0.1, -0.05) is 13.0 Å². The Morgan fingerprint density at radius 3 is 2.69 bits per heavy atom. The van der Waals surface area contributed by atoms with Crippen molar-refractivity contribution < 1.29 is 4.79 Å². The Hall–Kier alpha value is -1.58. The number of nitrogens with one attached hydrogen (secondary N) is 2. The van der Waals surface area contributed by atoms with Crippen molar-refractivity contribution in [1.29, 1.82) is 0 Å². The van der Waals surface area contributed by atoms with Gasteiger partial charge in [0.2, 0.25) is 0 Å². The first-order chi connectivity index (χ1) is 7.63. The summed E-state index contributed by atoms with van der Waals surface area (Å²) in [4.78, 5) is 15.7. The molecule has 0 bridgehead atoms. The summed E-state index contributed by atoms with van der Waals surface area (Å²) in [5, 5.41) is 5.70. The maximum atomic E-state index is 11.5. The number of hydrogen-bond acceptors (Lipinski definition) is 2. The molecule has 0 saturated heterocycles. The monoisotopic (exact) mass is 221 g/mol. The number of carbonyl (C=O) groups is 1. The van der Waals surface area contributed by atoms with Crippen molar-refractivity contribution >= 4 is 6.03 Å². The van der Waals surface area contributed by atoms with Crippen LogP contribution in [0, 0.1) is 0 Å². The normalized spacial score (nSPS) is 13.9. The number of rotatable bonds is 4. The van der Waals surface area contributed by atoms with Gasteiger partial charge < -0.3 is 10.6 Å². The minimum absolute atomic E-state index is 0.0785. The van der Waals surface area contributed by atoms with Crippen LogP contribution >= 0.6 is 0 Å². The summed E-state index contributed by atoms with van der Waals surface area (Å²) < 4.78 is 0. The molecule has 1 heterocycles. The third kappa shape index (κ3) is 3.88. The Morgan fingerprint density at radius 2 is 2.12 bits per heavy atom. The Balaban J connectivity index is 2.46. The predicted molar refractivity (Wildman–Crippen MR) is 64.1 cm³/mol. The summed E-state index contributed by atoms with van der Waals surface area (Å²) in [6.07, 6.45) is 2.64. The van der Waals surface area contributed by atoms with E-state index in [-0.39, 0.29) is 18.1 Å². The second kappa shape index (κ2) is 6.10. The molecule has 88 valence electrons. The number of hydrogen-bond donors (Lipinski definition) is 2. The van der Waals surface area contributed by atoms with Crippen molar-refractivity contribution in [2.24, 2.45) is 0 Å². The highest BCUT2D eigenvalue weighted by Crippen LogP contribution is 2.07. The lowest BCUT2D eigenvalue weighted by Crippen LogP contribution is -2.41. The molecule has 2 amide bonds. The van der Waals surface area contributed by atoms with Gasteiger partial charge in [0.1, 0.15) is 0 Å². The fourth-order valence-electron chi connectivity index (χ4n) is 1.27. The number of urea groups is 1. The summed E-state index contributed by atoms with van der Waals surface area (Å²) in [5.41, 5.74) is 0.863. The first kappa shape index (κ1) is 12.5. The van der Waals surface area contributed by atoms with Gasteiger partial charge in [-0.15, -0.1) is 0 Å². The first-order valence-electron chi connectivity index (χ1n) is 5.61. The van der Waals surface area contributed by atoms with E-state index in [1.165, 1.54) is 0 Å². The lowest BCUT2D eigenvalue weighted by molar-refractivity contribution is 0.234. The number of amides is 2. The van der Waals surface area contributed by atoms with Gasteiger partial charge in [-0.25, -0.2) is 4.79 Å². The van der Waals surface area contributed by atoms with Crippen LogP contribution in [0.2, 0.25) is 0 Å². The Kier molecular flexibility index (Phi) is 4.76. The van der Waals surface area contributed by atoms with Crippen LogP contribution in [0.4, 0.5) is 4.79 Å². The first-order valence-corrected chi connectivity index (χ1v) is 5.61. The number of nitrogens with zero attached hydrogens (tertiary/aromatic N) is 1. The fourth-order valence-corrected chi connectivity index (χ4v) is 1.27. The van der Waals surface area contributed by atoms with E-state index in [1.807, 2.05) is 39.0 Å². The van der Waals surface area contributed by atoms with Crippen LogP contribution in [0.3, 0.4) is 0 Å². The number of aromatic nitrogens is 1. The van der Waals surface area contributed by atoms with Gasteiger partial charge in [-0.05, 0) is 32.4 Å². The molecular weight excluding hydrogens is 202 g/mol. The van der Waals surface area contributed by atoms with Crippen molar-refractivity contribution in [3.05, 3.63) is 30.1 Å². The molecule has 2 N–H and O–H groups in total. The van der Waals surface area contributed by atoms with Crippen molar-refractivity contribution in [3.8, 4) is 0 Å². The van der Waals surface area contributed by atoms with Crippen LogP contribution in [0.5, 0.6) is 0 Å². The smallest absolute Gasteiger partial charge is 0.315 e. The van der Waals surface area contributed by atoms with E-state index in [4.69, 9.17) is 0 Å². The average Bonchev–Trinajstić information content (AvgIpc) is 2.29. The van der Waals surface area contributed by atoms with Crippen molar-refractivity contribution in [2.45, 2.75) is 39.3 Å². The lowest BCUT2D eigenvalue weighted by atomic mass is 10.2. The summed E-state index contributed by atoms with van der Waals surface area (Å²) >= 11 is 0. The minimum atomic E-state index is -0.146. The molecule has 0 unspecified atom stereocenters. The van der Waals surface area contributed by atoms with Gasteiger partial charge in [0, 0.05) is 12.2 Å². The Morgan fingerprint density at radius 1 is 1.38 bits per heavy atom. The quantitative estimate of drug-likeness (QED) is 0.819. The van der Waals surface area contributed by atoms with E-state index >= 15 is 0 Å². The summed E-state index contributed by atoms with van der Waals surface area (Å²) in [5.74, 6) is 0. The Bertz CT molecular complexity index is 326. The number of pyridine rings is 1. The third-order valence-corrected chi connectivity index (χ3v) is 2.47. The topological polar surface area (TPSA) is 54.0 Å². The minimum Gasteiger partial charge on any atom is -0.336 e. The van der Waals surface area contributed by atoms with E-state index < -0.39 is 0 Å². The molecule has 0 aliphatic heterocycles. The molecular formula is C12H19N3O. The molecule has 0 radical (unpaired) electrons. The summed E-state index contributed by atoms with van der Waals surface area (Å²) in [6.45, 7) is 5.93. The summed E-state index contributed by atoms with van der Waals surface area (Å²) in [6, 6.07) is 5.63. The predicted octanol–water partition coefficient (Wildman–Crippen LogP) is 2.24. The standard InChI is InChI=1S/C12H19N3O/c1-4-9(2)14-12(16)15-10(3)11-7-5-6-8-13-11/h5-10H,4H2,1-3H3,(H2,14,15,16)/t9-,10+/m0/s1. The third-order valence-electron chi connectivity index (χ3n) is 2.47. The molecule has 1 rings (SSSR count). The van der Waals surface area contributed by atoms with Crippen LogP contribution < -0.4 is 10.6 Å². The highest BCUT2D eigenvalue weighted by Gasteiger charge is 2.11.